The summed E-state index contributed by atoms with van der Waals surface area (Å²) in [5.74, 6) is -0.870. The van der Waals surface area contributed by atoms with Crippen molar-refractivity contribution < 1.29 is 29.5 Å². The summed E-state index contributed by atoms with van der Waals surface area (Å²) in [6.07, 6.45) is -0.850. The standard InChI is InChI=1S/C14H18N2O7S/c1-9(17)15-13(14(19)20)8-24-7-11(18)6-23-12-4-2-10(3-5-12)16(21)22/h2-5,11,13,18H,6-8H2,1H3,(H,15,17)(H,19,20)/t11?,13-/m0/s1. The summed E-state index contributed by atoms with van der Waals surface area (Å²) in [5.41, 5.74) is -0.0591. The summed E-state index contributed by atoms with van der Waals surface area (Å²) in [4.78, 5) is 31.8. The van der Waals surface area contributed by atoms with Crippen molar-refractivity contribution in [2.45, 2.75) is 19.1 Å². The molecule has 1 aromatic rings. The number of aliphatic hydroxyl groups is 1. The van der Waals surface area contributed by atoms with Crippen LogP contribution in [-0.2, 0) is 9.59 Å². The zero-order valence-electron chi connectivity index (χ0n) is 12.9. The van der Waals surface area contributed by atoms with Crippen LogP contribution in [0, 0.1) is 10.1 Å². The summed E-state index contributed by atoms with van der Waals surface area (Å²) in [6.45, 7) is 1.19. The topological polar surface area (TPSA) is 139 Å². The Kier molecular flexibility index (Phi) is 7.99. The third-order valence-corrected chi connectivity index (χ3v) is 3.95. The molecule has 1 aromatic carbocycles. The monoisotopic (exact) mass is 358 g/mol. The number of benzene rings is 1. The first-order chi connectivity index (χ1) is 11.3. The number of thioether (sulfide) groups is 1. The largest absolute Gasteiger partial charge is 0.491 e. The molecule has 0 saturated heterocycles. The molecule has 132 valence electrons. The molecule has 1 rings (SSSR count). The van der Waals surface area contributed by atoms with Crippen LogP contribution >= 0.6 is 11.8 Å². The number of ether oxygens (including phenoxy) is 1. The molecule has 0 fully saturated rings. The molecule has 24 heavy (non-hydrogen) atoms. The maximum atomic E-state index is 10.9. The molecule has 0 heterocycles. The van der Waals surface area contributed by atoms with Gasteiger partial charge in [-0.3, -0.25) is 14.9 Å². The van der Waals surface area contributed by atoms with Gasteiger partial charge in [-0.2, -0.15) is 11.8 Å². The van der Waals surface area contributed by atoms with E-state index in [1.165, 1.54) is 43.0 Å². The molecule has 2 atom stereocenters. The maximum Gasteiger partial charge on any atom is 0.327 e. The number of carbonyl (C=O) groups is 2. The van der Waals surface area contributed by atoms with Crippen LogP contribution in [0.15, 0.2) is 24.3 Å². The third-order valence-electron chi connectivity index (χ3n) is 2.76. The summed E-state index contributed by atoms with van der Waals surface area (Å²) in [7, 11) is 0. The second-order valence-electron chi connectivity index (χ2n) is 4.84. The Bertz CT molecular complexity index is 579. The van der Waals surface area contributed by atoms with Crippen LogP contribution in [-0.4, -0.2) is 57.3 Å². The predicted octanol–water partition coefficient (Wildman–Crippen LogP) is 0.657. The lowest BCUT2D eigenvalue weighted by Crippen LogP contribution is -2.41. The highest BCUT2D eigenvalue weighted by molar-refractivity contribution is 7.99. The van der Waals surface area contributed by atoms with E-state index in [1.54, 1.807) is 0 Å². The molecule has 9 nitrogen and oxygen atoms in total. The summed E-state index contributed by atoms with van der Waals surface area (Å²) < 4.78 is 5.30. The second kappa shape index (κ2) is 9.73. The third kappa shape index (κ3) is 7.29. The first-order valence-electron chi connectivity index (χ1n) is 6.92. The van der Waals surface area contributed by atoms with Gasteiger partial charge in [0.1, 0.15) is 18.4 Å². The molecule has 0 spiro atoms. The van der Waals surface area contributed by atoms with Gasteiger partial charge in [-0.1, -0.05) is 0 Å². The van der Waals surface area contributed by atoms with Crippen molar-refractivity contribution in [1.29, 1.82) is 0 Å². The Morgan fingerprint density at radius 2 is 1.96 bits per heavy atom. The molecule has 1 unspecified atom stereocenters. The Morgan fingerprint density at radius 3 is 2.46 bits per heavy atom. The number of nitro groups is 1. The predicted molar refractivity (Wildman–Crippen MR) is 87.2 cm³/mol. The highest BCUT2D eigenvalue weighted by Gasteiger charge is 2.19. The van der Waals surface area contributed by atoms with Gasteiger partial charge in [-0.05, 0) is 12.1 Å². The molecule has 0 aliphatic heterocycles. The zero-order chi connectivity index (χ0) is 18.1. The molecule has 0 saturated carbocycles. The number of carbonyl (C=O) groups excluding carboxylic acids is 1. The fourth-order valence-electron chi connectivity index (χ4n) is 1.65. The second-order valence-corrected chi connectivity index (χ2v) is 5.92. The normalized spacial score (nSPS) is 12.9. The van der Waals surface area contributed by atoms with Crippen molar-refractivity contribution in [3.63, 3.8) is 0 Å². The zero-order valence-corrected chi connectivity index (χ0v) is 13.7. The molecular weight excluding hydrogens is 340 g/mol. The van der Waals surface area contributed by atoms with E-state index in [2.05, 4.69) is 5.32 Å². The number of hydrogen-bond acceptors (Lipinski definition) is 7. The summed E-state index contributed by atoms with van der Waals surface area (Å²) in [6, 6.07) is 4.42. The highest BCUT2D eigenvalue weighted by Crippen LogP contribution is 2.17. The molecule has 0 bridgehead atoms. The van der Waals surface area contributed by atoms with E-state index >= 15 is 0 Å². The molecule has 0 aliphatic rings. The fourth-order valence-corrected chi connectivity index (χ4v) is 2.61. The van der Waals surface area contributed by atoms with Gasteiger partial charge < -0.3 is 20.3 Å². The van der Waals surface area contributed by atoms with Crippen molar-refractivity contribution in [1.82, 2.24) is 5.32 Å². The molecule has 3 N–H and O–H groups in total. The Labute approximate surface area is 142 Å². The molecule has 0 aliphatic carbocycles. The number of rotatable bonds is 10. The van der Waals surface area contributed by atoms with E-state index in [1.807, 2.05) is 0 Å². The van der Waals surface area contributed by atoms with Gasteiger partial charge in [-0.15, -0.1) is 0 Å². The number of carboxylic acid groups (broad SMARTS) is 1. The van der Waals surface area contributed by atoms with E-state index in [-0.39, 0.29) is 23.8 Å². The number of nitrogens with one attached hydrogen (secondary N) is 1. The maximum absolute atomic E-state index is 10.9. The van der Waals surface area contributed by atoms with Crippen LogP contribution in [0.3, 0.4) is 0 Å². The SMILES string of the molecule is CC(=O)N[C@@H](CSCC(O)COc1ccc([N+](=O)[O-])cc1)C(=O)O. The van der Waals surface area contributed by atoms with E-state index in [0.717, 1.165) is 0 Å². The van der Waals surface area contributed by atoms with Crippen LogP contribution in [0.1, 0.15) is 6.92 Å². The smallest absolute Gasteiger partial charge is 0.327 e. The Balaban J connectivity index is 2.33. The van der Waals surface area contributed by atoms with Crippen molar-refractivity contribution in [2.24, 2.45) is 0 Å². The quantitative estimate of drug-likeness (QED) is 0.409. The van der Waals surface area contributed by atoms with Crippen LogP contribution in [0.4, 0.5) is 5.69 Å². The number of amides is 1. The highest BCUT2D eigenvalue weighted by atomic mass is 32.2. The van der Waals surface area contributed by atoms with Crippen molar-refractivity contribution in [3.05, 3.63) is 34.4 Å². The van der Waals surface area contributed by atoms with Gasteiger partial charge in [0.05, 0.1) is 11.0 Å². The van der Waals surface area contributed by atoms with Crippen molar-refractivity contribution in [3.8, 4) is 5.75 Å². The number of aliphatic carboxylic acids is 1. The minimum Gasteiger partial charge on any atom is -0.491 e. The number of hydrogen-bond donors (Lipinski definition) is 3. The number of carboxylic acids is 1. The van der Waals surface area contributed by atoms with Crippen LogP contribution in [0.2, 0.25) is 0 Å². The van der Waals surface area contributed by atoms with Crippen LogP contribution in [0.5, 0.6) is 5.75 Å². The van der Waals surface area contributed by atoms with Crippen molar-refractivity contribution >= 4 is 29.3 Å². The average molecular weight is 358 g/mol. The first kappa shape index (κ1) is 19.7. The van der Waals surface area contributed by atoms with Crippen LogP contribution < -0.4 is 10.1 Å². The average Bonchev–Trinajstić information content (AvgIpc) is 2.51. The van der Waals surface area contributed by atoms with Gasteiger partial charge in [0, 0.05) is 30.6 Å². The Morgan fingerprint density at radius 1 is 1.33 bits per heavy atom. The summed E-state index contributed by atoms with van der Waals surface area (Å²) in [5, 5.41) is 31.6. The Hall–Kier alpha value is -2.33. The molecule has 1 amide bonds. The lowest BCUT2D eigenvalue weighted by atomic mass is 10.3. The molecule has 0 radical (unpaired) electrons. The lowest BCUT2D eigenvalue weighted by molar-refractivity contribution is -0.384. The van der Waals surface area contributed by atoms with Crippen LogP contribution in [0.25, 0.3) is 0 Å². The van der Waals surface area contributed by atoms with Gasteiger partial charge in [0.15, 0.2) is 0 Å². The van der Waals surface area contributed by atoms with Gasteiger partial charge in [-0.25, -0.2) is 4.79 Å². The minimum atomic E-state index is -1.14. The van der Waals surface area contributed by atoms with E-state index in [9.17, 15) is 24.8 Å². The molecule has 10 heteroatoms. The first-order valence-corrected chi connectivity index (χ1v) is 8.08. The van der Waals surface area contributed by atoms with E-state index in [0.29, 0.717) is 5.75 Å². The van der Waals surface area contributed by atoms with Crippen molar-refractivity contribution in [2.75, 3.05) is 18.1 Å². The minimum absolute atomic E-state index is 0.0390. The molecular formula is C14H18N2O7S. The fraction of sp³-hybridized carbons (Fsp3) is 0.429. The summed E-state index contributed by atoms with van der Waals surface area (Å²) >= 11 is 1.17. The van der Waals surface area contributed by atoms with E-state index in [4.69, 9.17) is 9.84 Å². The lowest BCUT2D eigenvalue weighted by Gasteiger charge is -2.15. The number of non-ortho nitro benzene ring substituents is 1. The molecule has 0 aromatic heterocycles. The number of aliphatic hydroxyl groups excluding tert-OH is 1. The van der Waals surface area contributed by atoms with Gasteiger partial charge >= 0.3 is 5.97 Å². The van der Waals surface area contributed by atoms with Gasteiger partial charge in [0.25, 0.3) is 5.69 Å². The van der Waals surface area contributed by atoms with Gasteiger partial charge in [0.2, 0.25) is 5.91 Å². The number of nitrogens with zero attached hydrogens (tertiary/aromatic N) is 1. The number of nitro benzene ring substituents is 1. The van der Waals surface area contributed by atoms with E-state index < -0.39 is 28.9 Å².